The van der Waals surface area contributed by atoms with Gasteiger partial charge in [0.2, 0.25) is 0 Å². The molecule has 2 nitrogen and oxygen atoms in total. The highest BCUT2D eigenvalue weighted by atomic mass is 19.1. The van der Waals surface area contributed by atoms with E-state index in [0.717, 1.165) is 11.1 Å². The van der Waals surface area contributed by atoms with E-state index in [0.29, 0.717) is 17.7 Å². The lowest BCUT2D eigenvalue weighted by atomic mass is 9.99. The molecule has 1 aromatic rings. The molecule has 0 saturated carbocycles. The lowest BCUT2D eigenvalue weighted by Gasteiger charge is -2.11. The molecule has 72 valence electrons. The normalized spacial score (nSPS) is 10.5. The average molecular weight is 182 g/mol. The Labute approximate surface area is 77.7 Å². The molecule has 1 aromatic carbocycles. The second kappa shape index (κ2) is 3.85. The van der Waals surface area contributed by atoms with Gasteiger partial charge in [-0.15, -0.1) is 0 Å². The molecule has 0 atom stereocenters. The summed E-state index contributed by atoms with van der Waals surface area (Å²) in [5.41, 5.74) is 13.9. The second-order valence-corrected chi connectivity index (χ2v) is 3.18. The quantitative estimate of drug-likeness (QED) is 0.725. The molecule has 0 spiro atoms. The van der Waals surface area contributed by atoms with E-state index in [9.17, 15) is 4.39 Å². The lowest BCUT2D eigenvalue weighted by Crippen LogP contribution is -2.10. The molecule has 0 unspecified atom stereocenters. The van der Waals surface area contributed by atoms with Gasteiger partial charge in [0.05, 0.1) is 0 Å². The Balaban J connectivity index is 3.39. The predicted octanol–water partition coefficient (Wildman–Crippen LogP) is 1.36. The Morgan fingerprint density at radius 2 is 1.85 bits per heavy atom. The molecule has 0 aliphatic rings. The largest absolute Gasteiger partial charge is 0.326 e. The predicted molar refractivity (Wildman–Crippen MR) is 51.7 cm³/mol. The van der Waals surface area contributed by atoms with E-state index in [1.807, 2.05) is 13.0 Å². The topological polar surface area (TPSA) is 52.0 Å². The molecule has 0 saturated heterocycles. The SMILES string of the molecule is Cc1cc(CN)c(CN)c(F)c1C. The van der Waals surface area contributed by atoms with Crippen LogP contribution in [-0.4, -0.2) is 0 Å². The van der Waals surface area contributed by atoms with Crippen molar-refractivity contribution >= 4 is 0 Å². The van der Waals surface area contributed by atoms with Crippen LogP contribution in [-0.2, 0) is 13.1 Å². The van der Waals surface area contributed by atoms with Gasteiger partial charge < -0.3 is 11.5 Å². The highest BCUT2D eigenvalue weighted by Crippen LogP contribution is 2.20. The van der Waals surface area contributed by atoms with Gasteiger partial charge in [-0.05, 0) is 30.5 Å². The molecular formula is C10H15FN2. The van der Waals surface area contributed by atoms with Gasteiger partial charge in [0.1, 0.15) is 5.82 Å². The Morgan fingerprint density at radius 1 is 1.23 bits per heavy atom. The number of aryl methyl sites for hydroxylation is 1. The summed E-state index contributed by atoms with van der Waals surface area (Å²) in [4.78, 5) is 0. The van der Waals surface area contributed by atoms with Crippen LogP contribution in [0.2, 0.25) is 0 Å². The van der Waals surface area contributed by atoms with Crippen LogP contribution in [0.5, 0.6) is 0 Å². The standard InChI is InChI=1S/C10H15FN2/c1-6-3-8(4-12)9(5-13)10(11)7(6)2/h3H,4-5,12-13H2,1-2H3. The summed E-state index contributed by atoms with van der Waals surface area (Å²) in [6.07, 6.45) is 0. The summed E-state index contributed by atoms with van der Waals surface area (Å²) in [5.74, 6) is -0.206. The minimum absolute atomic E-state index is 0.206. The first-order valence-electron chi connectivity index (χ1n) is 4.29. The number of halogens is 1. The molecule has 0 amide bonds. The van der Waals surface area contributed by atoms with Crippen LogP contribution in [0.3, 0.4) is 0 Å². The minimum atomic E-state index is -0.206. The van der Waals surface area contributed by atoms with Crippen LogP contribution in [0.15, 0.2) is 6.07 Å². The van der Waals surface area contributed by atoms with Crippen molar-refractivity contribution in [2.24, 2.45) is 11.5 Å². The molecule has 0 aliphatic carbocycles. The van der Waals surface area contributed by atoms with Gasteiger partial charge >= 0.3 is 0 Å². The fourth-order valence-corrected chi connectivity index (χ4v) is 1.40. The van der Waals surface area contributed by atoms with Crippen LogP contribution < -0.4 is 11.5 Å². The number of rotatable bonds is 2. The molecule has 0 aromatic heterocycles. The van der Waals surface area contributed by atoms with Gasteiger partial charge in [-0.1, -0.05) is 6.07 Å². The van der Waals surface area contributed by atoms with E-state index in [1.165, 1.54) is 0 Å². The molecule has 0 aliphatic heterocycles. The zero-order chi connectivity index (χ0) is 10.0. The van der Waals surface area contributed by atoms with E-state index in [4.69, 9.17) is 11.5 Å². The fourth-order valence-electron chi connectivity index (χ4n) is 1.40. The van der Waals surface area contributed by atoms with Gasteiger partial charge in [-0.3, -0.25) is 0 Å². The summed E-state index contributed by atoms with van der Waals surface area (Å²) in [6, 6.07) is 1.90. The third kappa shape index (κ3) is 1.71. The first-order chi connectivity index (χ1) is 6.11. The average Bonchev–Trinajstić information content (AvgIpc) is 2.13. The zero-order valence-corrected chi connectivity index (χ0v) is 8.02. The summed E-state index contributed by atoms with van der Waals surface area (Å²) < 4.78 is 13.6. The van der Waals surface area contributed by atoms with E-state index in [2.05, 4.69) is 0 Å². The Kier molecular flexibility index (Phi) is 3.01. The smallest absolute Gasteiger partial charge is 0.131 e. The molecule has 0 heterocycles. The highest BCUT2D eigenvalue weighted by molar-refractivity contribution is 5.38. The van der Waals surface area contributed by atoms with Crippen molar-refractivity contribution in [1.82, 2.24) is 0 Å². The Bertz CT molecular complexity index is 321. The van der Waals surface area contributed by atoms with Gasteiger partial charge in [-0.2, -0.15) is 0 Å². The van der Waals surface area contributed by atoms with Crippen LogP contribution in [0.1, 0.15) is 22.3 Å². The second-order valence-electron chi connectivity index (χ2n) is 3.18. The molecule has 1 rings (SSSR count). The van der Waals surface area contributed by atoms with Crippen molar-refractivity contribution in [1.29, 1.82) is 0 Å². The fraction of sp³-hybridized carbons (Fsp3) is 0.400. The third-order valence-electron chi connectivity index (χ3n) is 2.39. The van der Waals surface area contributed by atoms with Crippen molar-refractivity contribution in [3.05, 3.63) is 34.1 Å². The van der Waals surface area contributed by atoms with Crippen molar-refractivity contribution in [3.8, 4) is 0 Å². The molecule has 0 fully saturated rings. The summed E-state index contributed by atoms with van der Waals surface area (Å²) in [5, 5.41) is 0. The molecule has 0 bridgehead atoms. The van der Waals surface area contributed by atoms with E-state index in [1.54, 1.807) is 6.92 Å². The van der Waals surface area contributed by atoms with Gasteiger partial charge in [0, 0.05) is 18.7 Å². The summed E-state index contributed by atoms with van der Waals surface area (Å²) >= 11 is 0. The van der Waals surface area contributed by atoms with E-state index in [-0.39, 0.29) is 12.4 Å². The Hall–Kier alpha value is -0.930. The first-order valence-corrected chi connectivity index (χ1v) is 4.29. The van der Waals surface area contributed by atoms with Crippen LogP contribution in [0.4, 0.5) is 4.39 Å². The van der Waals surface area contributed by atoms with Crippen LogP contribution >= 0.6 is 0 Å². The monoisotopic (exact) mass is 182 g/mol. The van der Waals surface area contributed by atoms with Crippen molar-refractivity contribution in [3.63, 3.8) is 0 Å². The number of nitrogens with two attached hydrogens (primary N) is 2. The summed E-state index contributed by atoms with van der Waals surface area (Å²) in [7, 11) is 0. The summed E-state index contributed by atoms with van der Waals surface area (Å²) in [6.45, 7) is 4.17. The van der Waals surface area contributed by atoms with Crippen LogP contribution in [0, 0.1) is 19.7 Å². The van der Waals surface area contributed by atoms with Gasteiger partial charge in [0.15, 0.2) is 0 Å². The minimum Gasteiger partial charge on any atom is -0.326 e. The maximum Gasteiger partial charge on any atom is 0.131 e. The Morgan fingerprint density at radius 3 is 2.31 bits per heavy atom. The number of hydrogen-bond donors (Lipinski definition) is 2. The highest BCUT2D eigenvalue weighted by Gasteiger charge is 2.10. The van der Waals surface area contributed by atoms with E-state index >= 15 is 0 Å². The molecule has 3 heteroatoms. The molecule has 0 radical (unpaired) electrons. The molecule has 4 N–H and O–H groups in total. The zero-order valence-electron chi connectivity index (χ0n) is 8.02. The molecule has 13 heavy (non-hydrogen) atoms. The third-order valence-corrected chi connectivity index (χ3v) is 2.39. The van der Waals surface area contributed by atoms with Crippen LogP contribution in [0.25, 0.3) is 0 Å². The lowest BCUT2D eigenvalue weighted by molar-refractivity contribution is 0.596. The van der Waals surface area contributed by atoms with Crippen molar-refractivity contribution < 1.29 is 4.39 Å². The number of benzene rings is 1. The van der Waals surface area contributed by atoms with Crippen molar-refractivity contribution in [2.45, 2.75) is 26.9 Å². The molecular weight excluding hydrogens is 167 g/mol. The van der Waals surface area contributed by atoms with E-state index < -0.39 is 0 Å². The number of hydrogen-bond acceptors (Lipinski definition) is 2. The van der Waals surface area contributed by atoms with Crippen molar-refractivity contribution in [2.75, 3.05) is 0 Å². The van der Waals surface area contributed by atoms with Gasteiger partial charge in [0.25, 0.3) is 0 Å². The van der Waals surface area contributed by atoms with Gasteiger partial charge in [-0.25, -0.2) is 4.39 Å². The maximum absolute atomic E-state index is 13.6. The first kappa shape index (κ1) is 10.2. The maximum atomic E-state index is 13.6.